The van der Waals surface area contributed by atoms with Crippen LogP contribution in [-0.4, -0.2) is 10.2 Å². The molecule has 1 aromatic heterocycles. The highest BCUT2D eigenvalue weighted by Gasteiger charge is 2.09. The Hall–Kier alpha value is -2.59. The lowest BCUT2D eigenvalue weighted by atomic mass is 10.1. The maximum Gasteiger partial charge on any atom is 0.276 e. The molecule has 0 aliphatic carbocycles. The second-order valence-electron chi connectivity index (χ2n) is 6.05. The van der Waals surface area contributed by atoms with Gasteiger partial charge in [-0.25, -0.2) is 0 Å². The average Bonchev–Trinajstić information content (AvgIpc) is 3.09. The van der Waals surface area contributed by atoms with Crippen molar-refractivity contribution < 1.29 is 4.42 Å². The summed E-state index contributed by atoms with van der Waals surface area (Å²) < 4.78 is 5.79. The van der Waals surface area contributed by atoms with Crippen molar-refractivity contribution in [1.82, 2.24) is 10.2 Å². The van der Waals surface area contributed by atoms with Crippen LogP contribution in [0.15, 0.2) is 76.4 Å². The molecule has 4 heteroatoms. The van der Waals surface area contributed by atoms with Crippen LogP contribution >= 0.6 is 11.8 Å². The standard InChI is InChI=1S/C21H18N2OS/c1-15-9-11-16(12-10-15)13-20-22-23-21(24-20)25-14-18-7-4-6-17-5-2-3-8-19(17)18/h2-12H,13-14H2,1H3. The molecule has 0 fully saturated rings. The SMILES string of the molecule is Cc1ccc(Cc2nnc(SCc3cccc4ccccc34)o2)cc1. The van der Waals surface area contributed by atoms with Crippen LogP contribution in [0.3, 0.4) is 0 Å². The molecule has 0 aliphatic rings. The van der Waals surface area contributed by atoms with Crippen LogP contribution in [0, 0.1) is 6.92 Å². The fourth-order valence-electron chi connectivity index (χ4n) is 2.81. The van der Waals surface area contributed by atoms with Crippen LogP contribution in [-0.2, 0) is 12.2 Å². The largest absolute Gasteiger partial charge is 0.416 e. The smallest absolute Gasteiger partial charge is 0.276 e. The summed E-state index contributed by atoms with van der Waals surface area (Å²) >= 11 is 1.58. The van der Waals surface area contributed by atoms with Gasteiger partial charge >= 0.3 is 0 Å². The van der Waals surface area contributed by atoms with Gasteiger partial charge in [0.15, 0.2) is 0 Å². The predicted molar refractivity (Wildman–Crippen MR) is 102 cm³/mol. The van der Waals surface area contributed by atoms with Gasteiger partial charge in [-0.2, -0.15) is 0 Å². The van der Waals surface area contributed by atoms with Crippen LogP contribution < -0.4 is 0 Å². The van der Waals surface area contributed by atoms with Gasteiger partial charge in [0.05, 0.1) is 6.42 Å². The number of hydrogen-bond donors (Lipinski definition) is 0. The van der Waals surface area contributed by atoms with Gasteiger partial charge in [0.2, 0.25) is 5.89 Å². The summed E-state index contributed by atoms with van der Waals surface area (Å²) in [5.74, 6) is 1.47. The van der Waals surface area contributed by atoms with Crippen molar-refractivity contribution in [3.63, 3.8) is 0 Å². The monoisotopic (exact) mass is 346 g/mol. The molecule has 25 heavy (non-hydrogen) atoms. The minimum absolute atomic E-state index is 0.620. The summed E-state index contributed by atoms with van der Waals surface area (Å²) in [4.78, 5) is 0. The number of benzene rings is 3. The molecule has 0 atom stereocenters. The maximum atomic E-state index is 5.79. The third-order valence-electron chi connectivity index (χ3n) is 4.16. The van der Waals surface area contributed by atoms with E-state index in [-0.39, 0.29) is 0 Å². The van der Waals surface area contributed by atoms with Crippen LogP contribution in [0.4, 0.5) is 0 Å². The van der Waals surface area contributed by atoms with E-state index in [0.29, 0.717) is 17.5 Å². The van der Waals surface area contributed by atoms with Gasteiger partial charge in [0.1, 0.15) is 0 Å². The summed E-state index contributed by atoms with van der Waals surface area (Å²) in [5.41, 5.74) is 3.71. The molecule has 3 nitrogen and oxygen atoms in total. The molecule has 0 spiro atoms. The molecule has 3 aromatic carbocycles. The van der Waals surface area contributed by atoms with Gasteiger partial charge in [-0.3, -0.25) is 0 Å². The zero-order chi connectivity index (χ0) is 17.1. The van der Waals surface area contributed by atoms with E-state index in [0.717, 1.165) is 5.75 Å². The highest BCUT2D eigenvalue weighted by molar-refractivity contribution is 7.98. The molecule has 0 aliphatic heterocycles. The molecule has 0 N–H and O–H groups in total. The third kappa shape index (κ3) is 3.74. The maximum absolute atomic E-state index is 5.79. The first-order valence-corrected chi connectivity index (χ1v) is 9.24. The van der Waals surface area contributed by atoms with Crippen molar-refractivity contribution in [3.05, 3.63) is 89.3 Å². The van der Waals surface area contributed by atoms with Gasteiger partial charge in [0, 0.05) is 5.75 Å². The average molecular weight is 346 g/mol. The molecule has 0 radical (unpaired) electrons. The fraction of sp³-hybridized carbons (Fsp3) is 0.143. The summed E-state index contributed by atoms with van der Waals surface area (Å²) in [6.45, 7) is 2.08. The zero-order valence-corrected chi connectivity index (χ0v) is 14.8. The van der Waals surface area contributed by atoms with E-state index in [1.807, 2.05) is 0 Å². The molecular weight excluding hydrogens is 328 g/mol. The Morgan fingerprint density at radius 3 is 2.56 bits per heavy atom. The first-order valence-electron chi connectivity index (χ1n) is 8.25. The number of nitrogens with zero attached hydrogens (tertiary/aromatic N) is 2. The van der Waals surface area contributed by atoms with Crippen molar-refractivity contribution in [3.8, 4) is 0 Å². The normalized spacial score (nSPS) is 11.1. The van der Waals surface area contributed by atoms with Crippen molar-refractivity contribution in [1.29, 1.82) is 0 Å². The van der Waals surface area contributed by atoms with E-state index in [4.69, 9.17) is 4.42 Å². The van der Waals surface area contributed by atoms with E-state index in [1.165, 1.54) is 27.5 Å². The highest BCUT2D eigenvalue weighted by atomic mass is 32.2. The van der Waals surface area contributed by atoms with Gasteiger partial charge in [-0.15, -0.1) is 10.2 Å². The van der Waals surface area contributed by atoms with Crippen LogP contribution in [0.5, 0.6) is 0 Å². The van der Waals surface area contributed by atoms with Crippen molar-refractivity contribution in [2.45, 2.75) is 24.3 Å². The van der Waals surface area contributed by atoms with Crippen LogP contribution in [0.1, 0.15) is 22.6 Å². The summed E-state index contributed by atoms with van der Waals surface area (Å²) in [6, 6.07) is 23.2. The summed E-state index contributed by atoms with van der Waals surface area (Å²) in [6.07, 6.45) is 0.669. The molecule has 0 saturated heterocycles. The first-order chi connectivity index (χ1) is 12.3. The zero-order valence-electron chi connectivity index (χ0n) is 14.0. The van der Waals surface area contributed by atoms with Crippen LogP contribution in [0.2, 0.25) is 0 Å². The number of thioether (sulfide) groups is 1. The Bertz CT molecular complexity index is 987. The van der Waals surface area contributed by atoms with Crippen molar-refractivity contribution in [2.75, 3.05) is 0 Å². The molecule has 0 unspecified atom stereocenters. The third-order valence-corrected chi connectivity index (χ3v) is 5.02. The van der Waals surface area contributed by atoms with Gasteiger partial charge in [-0.1, -0.05) is 84.1 Å². The lowest BCUT2D eigenvalue weighted by molar-refractivity contribution is 0.420. The fourth-order valence-corrected chi connectivity index (χ4v) is 3.59. The first kappa shape index (κ1) is 15.9. The lowest BCUT2D eigenvalue weighted by Crippen LogP contribution is -1.88. The number of rotatable bonds is 5. The minimum Gasteiger partial charge on any atom is -0.416 e. The Labute approximate surface area is 151 Å². The summed E-state index contributed by atoms with van der Waals surface area (Å²) in [5, 5.41) is 11.5. The van der Waals surface area contributed by atoms with E-state index in [9.17, 15) is 0 Å². The Morgan fingerprint density at radius 2 is 1.68 bits per heavy atom. The second-order valence-corrected chi connectivity index (χ2v) is 6.98. The second kappa shape index (κ2) is 7.11. The molecule has 4 aromatic rings. The van der Waals surface area contributed by atoms with Crippen LogP contribution in [0.25, 0.3) is 10.8 Å². The van der Waals surface area contributed by atoms with E-state index in [1.54, 1.807) is 11.8 Å². The minimum atomic E-state index is 0.620. The molecule has 1 heterocycles. The molecule has 4 rings (SSSR count). The predicted octanol–water partition coefficient (Wildman–Crippen LogP) is 5.41. The van der Waals surface area contributed by atoms with Gasteiger partial charge in [-0.05, 0) is 28.8 Å². The molecular formula is C21H18N2OS. The number of aromatic nitrogens is 2. The summed E-state index contributed by atoms with van der Waals surface area (Å²) in [7, 11) is 0. The molecule has 124 valence electrons. The van der Waals surface area contributed by atoms with E-state index >= 15 is 0 Å². The Morgan fingerprint density at radius 1 is 0.880 bits per heavy atom. The Balaban J connectivity index is 1.45. The molecule has 0 amide bonds. The number of aryl methyl sites for hydroxylation is 1. The number of hydrogen-bond acceptors (Lipinski definition) is 4. The quantitative estimate of drug-likeness (QED) is 0.453. The van der Waals surface area contributed by atoms with Crippen molar-refractivity contribution in [2.24, 2.45) is 0 Å². The van der Waals surface area contributed by atoms with Crippen molar-refractivity contribution >= 4 is 22.5 Å². The van der Waals surface area contributed by atoms with E-state index < -0.39 is 0 Å². The highest BCUT2D eigenvalue weighted by Crippen LogP contribution is 2.27. The molecule has 0 bridgehead atoms. The van der Waals surface area contributed by atoms with Gasteiger partial charge in [0.25, 0.3) is 5.22 Å². The lowest BCUT2D eigenvalue weighted by Gasteiger charge is -2.04. The number of fused-ring (bicyclic) bond motifs is 1. The topological polar surface area (TPSA) is 38.9 Å². The van der Waals surface area contributed by atoms with Gasteiger partial charge < -0.3 is 4.42 Å². The van der Waals surface area contributed by atoms with E-state index in [2.05, 4.69) is 83.9 Å². The Kier molecular flexibility index (Phi) is 4.53. The molecule has 0 saturated carbocycles.